The normalized spacial score (nSPS) is 13.0. The second kappa shape index (κ2) is 11.0. The SMILES string of the molecule is Cc1ccn([C@H](CC(C)C)C(=O)N[C@@H](CC(=O)O)c2cc(-c3c(C)cccc3C)n3ccnc3c2)c(=O)c1. The van der Waals surface area contributed by atoms with Crippen molar-refractivity contribution >= 4 is 17.5 Å². The highest BCUT2D eigenvalue weighted by Crippen LogP contribution is 2.31. The van der Waals surface area contributed by atoms with Gasteiger partial charge in [-0.3, -0.25) is 18.8 Å². The summed E-state index contributed by atoms with van der Waals surface area (Å²) in [5.74, 6) is -1.30. The lowest BCUT2D eigenvalue weighted by atomic mass is 9.95. The largest absolute Gasteiger partial charge is 0.481 e. The number of benzene rings is 1. The smallest absolute Gasteiger partial charge is 0.305 e. The Hall–Kier alpha value is -4.20. The number of aromatic nitrogens is 3. The molecule has 2 atom stereocenters. The Balaban J connectivity index is 1.79. The Morgan fingerprint density at radius 2 is 1.74 bits per heavy atom. The lowest BCUT2D eigenvalue weighted by Crippen LogP contribution is -2.40. The van der Waals surface area contributed by atoms with Crippen molar-refractivity contribution < 1.29 is 14.7 Å². The van der Waals surface area contributed by atoms with Gasteiger partial charge in [-0.1, -0.05) is 32.0 Å². The summed E-state index contributed by atoms with van der Waals surface area (Å²) in [6.07, 6.45) is 5.32. The van der Waals surface area contributed by atoms with Crippen LogP contribution >= 0.6 is 0 Å². The average molecular weight is 515 g/mol. The molecule has 0 spiro atoms. The second-order valence-electron chi connectivity index (χ2n) is 10.4. The summed E-state index contributed by atoms with van der Waals surface area (Å²) in [5.41, 5.74) is 5.88. The standard InChI is InChI=1S/C30H34N4O4/c1-18(2)13-25(34-11-9-19(3)14-27(34)35)30(38)32-23(17-28(36)37)22-15-24(33-12-10-31-26(33)16-22)29-20(4)7-6-8-21(29)5/h6-12,14-16,18,23,25H,13,17H2,1-5H3,(H,32,38)(H,36,37)/t23-,25+/m0/s1. The van der Waals surface area contributed by atoms with Crippen molar-refractivity contribution in [2.75, 3.05) is 0 Å². The predicted molar refractivity (Wildman–Crippen MR) is 147 cm³/mol. The fourth-order valence-corrected chi connectivity index (χ4v) is 4.99. The third kappa shape index (κ3) is 5.69. The predicted octanol–water partition coefficient (Wildman–Crippen LogP) is 5.01. The highest BCUT2D eigenvalue weighted by Gasteiger charge is 2.27. The third-order valence-corrected chi connectivity index (χ3v) is 6.80. The molecule has 38 heavy (non-hydrogen) atoms. The number of aliphatic carboxylic acids is 1. The van der Waals surface area contributed by atoms with Crippen molar-refractivity contribution in [3.63, 3.8) is 0 Å². The maximum atomic E-state index is 13.7. The number of carbonyl (C=O) groups is 2. The molecule has 0 aliphatic carbocycles. The molecule has 2 N–H and O–H groups in total. The van der Waals surface area contributed by atoms with Crippen LogP contribution in [0, 0.1) is 26.7 Å². The van der Waals surface area contributed by atoms with Crippen molar-refractivity contribution in [3.8, 4) is 11.3 Å². The minimum atomic E-state index is -1.04. The van der Waals surface area contributed by atoms with E-state index in [1.807, 2.05) is 69.5 Å². The third-order valence-electron chi connectivity index (χ3n) is 6.80. The molecule has 0 saturated carbocycles. The highest BCUT2D eigenvalue weighted by atomic mass is 16.4. The number of aryl methyl sites for hydroxylation is 3. The zero-order chi connectivity index (χ0) is 27.6. The van der Waals surface area contributed by atoms with E-state index in [2.05, 4.69) is 10.3 Å². The number of rotatable bonds is 9. The Bertz CT molecular complexity index is 1530. The molecule has 198 valence electrons. The van der Waals surface area contributed by atoms with Gasteiger partial charge in [0.15, 0.2) is 0 Å². The van der Waals surface area contributed by atoms with Gasteiger partial charge in [-0.05, 0) is 73.6 Å². The lowest BCUT2D eigenvalue weighted by Gasteiger charge is -2.25. The van der Waals surface area contributed by atoms with Crippen LogP contribution < -0.4 is 10.9 Å². The first kappa shape index (κ1) is 26.9. The Morgan fingerprint density at radius 3 is 2.37 bits per heavy atom. The monoisotopic (exact) mass is 514 g/mol. The first-order chi connectivity index (χ1) is 18.0. The van der Waals surface area contributed by atoms with Crippen LogP contribution in [0.5, 0.6) is 0 Å². The van der Waals surface area contributed by atoms with Gasteiger partial charge in [0, 0.05) is 30.2 Å². The average Bonchev–Trinajstić information content (AvgIpc) is 3.31. The molecule has 0 unspecified atom stereocenters. The molecular weight excluding hydrogens is 480 g/mol. The topological polar surface area (TPSA) is 106 Å². The maximum Gasteiger partial charge on any atom is 0.305 e. The fourth-order valence-electron chi connectivity index (χ4n) is 4.99. The first-order valence-electron chi connectivity index (χ1n) is 12.8. The van der Waals surface area contributed by atoms with Gasteiger partial charge in [-0.2, -0.15) is 0 Å². The van der Waals surface area contributed by atoms with Crippen LogP contribution in [0.15, 0.2) is 65.8 Å². The molecule has 0 fully saturated rings. The molecule has 0 radical (unpaired) electrons. The zero-order valence-corrected chi connectivity index (χ0v) is 22.4. The second-order valence-corrected chi connectivity index (χ2v) is 10.4. The molecule has 1 aromatic carbocycles. The number of carboxylic acids is 1. The number of pyridine rings is 2. The summed E-state index contributed by atoms with van der Waals surface area (Å²) >= 11 is 0. The van der Waals surface area contributed by atoms with Gasteiger partial charge in [0.2, 0.25) is 5.91 Å². The van der Waals surface area contributed by atoms with E-state index in [4.69, 9.17) is 0 Å². The molecule has 0 saturated heterocycles. The number of nitrogens with one attached hydrogen (secondary N) is 1. The molecule has 4 aromatic rings. The van der Waals surface area contributed by atoms with Crippen molar-refractivity contribution in [1.82, 2.24) is 19.3 Å². The zero-order valence-electron chi connectivity index (χ0n) is 22.4. The Kier molecular flexibility index (Phi) is 7.80. The van der Waals surface area contributed by atoms with Gasteiger partial charge < -0.3 is 15.0 Å². The van der Waals surface area contributed by atoms with E-state index in [0.29, 0.717) is 17.6 Å². The molecule has 4 rings (SSSR count). The van der Waals surface area contributed by atoms with E-state index in [1.165, 1.54) is 10.6 Å². The minimum Gasteiger partial charge on any atom is -0.481 e. The Labute approximate surface area is 222 Å². The molecule has 0 aliphatic rings. The highest BCUT2D eigenvalue weighted by molar-refractivity contribution is 5.82. The van der Waals surface area contributed by atoms with Crippen LogP contribution in [0.2, 0.25) is 0 Å². The number of hydrogen-bond acceptors (Lipinski definition) is 4. The van der Waals surface area contributed by atoms with Gasteiger partial charge >= 0.3 is 5.97 Å². The van der Waals surface area contributed by atoms with Gasteiger partial charge in [0.25, 0.3) is 5.56 Å². The van der Waals surface area contributed by atoms with E-state index in [9.17, 15) is 19.5 Å². The first-order valence-corrected chi connectivity index (χ1v) is 12.8. The minimum absolute atomic E-state index is 0.133. The fraction of sp³-hybridized carbons (Fsp3) is 0.333. The van der Waals surface area contributed by atoms with Gasteiger partial charge in [0.1, 0.15) is 11.7 Å². The number of imidazole rings is 1. The lowest BCUT2D eigenvalue weighted by molar-refractivity contribution is -0.138. The van der Waals surface area contributed by atoms with E-state index in [1.54, 1.807) is 24.5 Å². The van der Waals surface area contributed by atoms with Crippen LogP contribution in [0.25, 0.3) is 16.9 Å². The van der Waals surface area contributed by atoms with E-state index < -0.39 is 24.0 Å². The van der Waals surface area contributed by atoms with Crippen molar-refractivity contribution in [2.45, 2.75) is 59.5 Å². The number of carboxylic acid groups (broad SMARTS) is 1. The van der Waals surface area contributed by atoms with Crippen LogP contribution in [0.3, 0.4) is 0 Å². The summed E-state index contributed by atoms with van der Waals surface area (Å²) < 4.78 is 3.39. The van der Waals surface area contributed by atoms with Crippen LogP contribution in [-0.4, -0.2) is 30.9 Å². The van der Waals surface area contributed by atoms with E-state index >= 15 is 0 Å². The van der Waals surface area contributed by atoms with Crippen molar-refractivity contribution in [1.29, 1.82) is 0 Å². The number of nitrogens with zero attached hydrogens (tertiary/aromatic N) is 3. The van der Waals surface area contributed by atoms with E-state index in [0.717, 1.165) is 27.9 Å². The quantitative estimate of drug-likeness (QED) is 0.327. The van der Waals surface area contributed by atoms with Crippen molar-refractivity contribution in [2.24, 2.45) is 5.92 Å². The summed E-state index contributed by atoms with van der Waals surface area (Å²) in [4.78, 5) is 42.8. The molecule has 1 amide bonds. The number of carbonyl (C=O) groups excluding carboxylic acids is 1. The van der Waals surface area contributed by atoms with Gasteiger partial charge in [-0.15, -0.1) is 0 Å². The number of hydrogen-bond donors (Lipinski definition) is 2. The number of amides is 1. The molecular formula is C30H34N4O4. The van der Waals surface area contributed by atoms with Crippen molar-refractivity contribution in [3.05, 3.63) is 93.7 Å². The summed E-state index contributed by atoms with van der Waals surface area (Å²) in [6.45, 7) is 9.86. The van der Waals surface area contributed by atoms with E-state index in [-0.39, 0.29) is 17.9 Å². The van der Waals surface area contributed by atoms with Crippen LogP contribution in [-0.2, 0) is 9.59 Å². The van der Waals surface area contributed by atoms with Crippen LogP contribution in [0.4, 0.5) is 0 Å². The van der Waals surface area contributed by atoms with Gasteiger partial charge in [0.05, 0.1) is 18.2 Å². The molecule has 3 heterocycles. The Morgan fingerprint density at radius 1 is 1.03 bits per heavy atom. The molecule has 8 nitrogen and oxygen atoms in total. The van der Waals surface area contributed by atoms with Crippen LogP contribution in [0.1, 0.15) is 61.0 Å². The molecule has 8 heteroatoms. The molecule has 0 aliphatic heterocycles. The number of fused-ring (bicyclic) bond motifs is 1. The summed E-state index contributed by atoms with van der Waals surface area (Å²) in [7, 11) is 0. The summed E-state index contributed by atoms with van der Waals surface area (Å²) in [5, 5.41) is 12.7. The summed E-state index contributed by atoms with van der Waals surface area (Å²) in [6, 6.07) is 11.5. The molecule has 0 bridgehead atoms. The molecule has 3 aromatic heterocycles. The van der Waals surface area contributed by atoms with Gasteiger partial charge in [-0.25, -0.2) is 4.98 Å². The maximum absolute atomic E-state index is 13.7.